The normalized spacial score (nSPS) is 22.4. The summed E-state index contributed by atoms with van der Waals surface area (Å²) >= 11 is 0. The number of nitrogens with one attached hydrogen (secondary N) is 1. The van der Waals surface area contributed by atoms with Gasteiger partial charge in [0.25, 0.3) is 0 Å². The van der Waals surface area contributed by atoms with Crippen molar-refractivity contribution in [1.82, 2.24) is 5.32 Å². The second kappa shape index (κ2) is 3.88. The van der Waals surface area contributed by atoms with Gasteiger partial charge in [0.2, 0.25) is 5.91 Å². The molecule has 0 aromatic heterocycles. The van der Waals surface area contributed by atoms with E-state index in [1.165, 1.54) is 16.3 Å². The first-order chi connectivity index (χ1) is 8.29. The first-order valence-corrected chi connectivity index (χ1v) is 6.00. The topological polar surface area (TPSA) is 29.1 Å². The van der Waals surface area contributed by atoms with Gasteiger partial charge in [-0.2, -0.15) is 0 Å². The molecular weight excluding hydrogens is 210 g/mol. The number of carbonyl (C=O) groups is 1. The molecule has 0 bridgehead atoms. The lowest BCUT2D eigenvalue weighted by Crippen LogP contribution is -2.20. The molecule has 0 unspecified atom stereocenters. The van der Waals surface area contributed by atoms with E-state index in [0.29, 0.717) is 5.92 Å². The number of hydrogen-bond donors (Lipinski definition) is 1. The van der Waals surface area contributed by atoms with Gasteiger partial charge in [-0.25, -0.2) is 0 Å². The maximum atomic E-state index is 11.5. The molecule has 17 heavy (non-hydrogen) atoms. The Morgan fingerprint density at radius 1 is 1.18 bits per heavy atom. The molecule has 0 heterocycles. The van der Waals surface area contributed by atoms with E-state index >= 15 is 0 Å². The fourth-order valence-corrected chi connectivity index (χ4v) is 2.48. The Morgan fingerprint density at radius 3 is 2.71 bits per heavy atom. The van der Waals surface area contributed by atoms with Crippen LogP contribution in [0.5, 0.6) is 0 Å². The Hall–Kier alpha value is -1.83. The molecule has 0 radical (unpaired) electrons. The summed E-state index contributed by atoms with van der Waals surface area (Å²) in [5.74, 6) is 0.767. The average Bonchev–Trinajstić information content (AvgIpc) is 3.17. The third-order valence-corrected chi connectivity index (χ3v) is 3.58. The van der Waals surface area contributed by atoms with Crippen LogP contribution in [-0.4, -0.2) is 13.0 Å². The fraction of sp³-hybridized carbons (Fsp3) is 0.267. The van der Waals surface area contributed by atoms with Gasteiger partial charge in [0.05, 0.1) is 0 Å². The van der Waals surface area contributed by atoms with Gasteiger partial charge in [0.15, 0.2) is 0 Å². The summed E-state index contributed by atoms with van der Waals surface area (Å²) in [6.07, 6.45) is 0.984. The predicted octanol–water partition coefficient (Wildman–Crippen LogP) is 2.69. The molecule has 2 atom stereocenters. The largest absolute Gasteiger partial charge is 0.359 e. The quantitative estimate of drug-likeness (QED) is 0.836. The summed E-state index contributed by atoms with van der Waals surface area (Å²) in [7, 11) is 1.71. The summed E-state index contributed by atoms with van der Waals surface area (Å²) in [5, 5.41) is 5.24. The van der Waals surface area contributed by atoms with Crippen LogP contribution in [0.2, 0.25) is 0 Å². The summed E-state index contributed by atoms with van der Waals surface area (Å²) in [5.41, 5.74) is 1.29. The molecule has 0 saturated heterocycles. The number of hydrogen-bond acceptors (Lipinski definition) is 1. The summed E-state index contributed by atoms with van der Waals surface area (Å²) < 4.78 is 0. The highest BCUT2D eigenvalue weighted by Gasteiger charge is 2.43. The Kier molecular flexibility index (Phi) is 2.36. The highest BCUT2D eigenvalue weighted by Crippen LogP contribution is 2.47. The molecule has 86 valence electrons. The van der Waals surface area contributed by atoms with Crippen LogP contribution in [-0.2, 0) is 4.79 Å². The van der Waals surface area contributed by atoms with Gasteiger partial charge in [-0.15, -0.1) is 0 Å². The van der Waals surface area contributed by atoms with Crippen LogP contribution >= 0.6 is 0 Å². The van der Waals surface area contributed by atoms with Crippen molar-refractivity contribution >= 4 is 16.7 Å². The summed E-state index contributed by atoms with van der Waals surface area (Å²) in [4.78, 5) is 11.5. The number of amides is 1. The van der Waals surface area contributed by atoms with Crippen molar-refractivity contribution in [3.63, 3.8) is 0 Å². The number of benzene rings is 2. The zero-order valence-corrected chi connectivity index (χ0v) is 9.81. The minimum absolute atomic E-state index is 0.170. The van der Waals surface area contributed by atoms with Crippen molar-refractivity contribution in [3.8, 4) is 0 Å². The van der Waals surface area contributed by atoms with Crippen LogP contribution in [0.15, 0.2) is 42.5 Å². The van der Waals surface area contributed by atoms with Gasteiger partial charge >= 0.3 is 0 Å². The number of fused-ring (bicyclic) bond motifs is 1. The van der Waals surface area contributed by atoms with Crippen molar-refractivity contribution in [3.05, 3.63) is 48.0 Å². The molecule has 1 aliphatic carbocycles. The van der Waals surface area contributed by atoms with Crippen molar-refractivity contribution in [2.24, 2.45) is 5.92 Å². The van der Waals surface area contributed by atoms with E-state index in [9.17, 15) is 4.79 Å². The zero-order valence-electron chi connectivity index (χ0n) is 9.81. The molecule has 1 aliphatic rings. The van der Waals surface area contributed by atoms with Gasteiger partial charge in [-0.1, -0.05) is 42.5 Å². The number of rotatable bonds is 2. The molecule has 1 N–H and O–H groups in total. The first kappa shape index (κ1) is 10.3. The minimum Gasteiger partial charge on any atom is -0.359 e. The van der Waals surface area contributed by atoms with E-state index in [2.05, 4.69) is 41.7 Å². The molecular formula is C15H15NO. The smallest absolute Gasteiger partial charge is 0.223 e. The molecule has 2 heteroatoms. The predicted molar refractivity (Wildman–Crippen MR) is 68.9 cm³/mol. The van der Waals surface area contributed by atoms with Crippen molar-refractivity contribution in [1.29, 1.82) is 0 Å². The van der Waals surface area contributed by atoms with E-state index in [4.69, 9.17) is 0 Å². The SMILES string of the molecule is CNC(=O)[C@@H]1C[C@H]1c1ccc2ccccc2c1. The van der Waals surface area contributed by atoms with Crippen LogP contribution < -0.4 is 5.32 Å². The lowest BCUT2D eigenvalue weighted by Gasteiger charge is -2.03. The lowest BCUT2D eigenvalue weighted by molar-refractivity contribution is -0.121. The van der Waals surface area contributed by atoms with Crippen LogP contribution in [0.3, 0.4) is 0 Å². The average molecular weight is 225 g/mol. The Labute approximate surface area is 101 Å². The van der Waals surface area contributed by atoms with Crippen LogP contribution in [0, 0.1) is 5.92 Å². The molecule has 2 aromatic rings. The van der Waals surface area contributed by atoms with Gasteiger partial charge in [0.1, 0.15) is 0 Å². The molecule has 1 amide bonds. The van der Waals surface area contributed by atoms with Crippen LogP contribution in [0.25, 0.3) is 10.8 Å². The maximum absolute atomic E-state index is 11.5. The maximum Gasteiger partial charge on any atom is 0.223 e. The van der Waals surface area contributed by atoms with Crippen molar-refractivity contribution in [2.45, 2.75) is 12.3 Å². The van der Waals surface area contributed by atoms with E-state index in [1.54, 1.807) is 7.05 Å². The Bertz CT molecular complexity index is 576. The van der Waals surface area contributed by atoms with Gasteiger partial charge < -0.3 is 5.32 Å². The molecule has 0 spiro atoms. The highest BCUT2D eigenvalue weighted by atomic mass is 16.1. The summed E-state index contributed by atoms with van der Waals surface area (Å²) in [6.45, 7) is 0. The van der Waals surface area contributed by atoms with E-state index in [0.717, 1.165) is 6.42 Å². The first-order valence-electron chi connectivity index (χ1n) is 6.00. The third kappa shape index (κ3) is 1.80. The molecule has 2 nitrogen and oxygen atoms in total. The lowest BCUT2D eigenvalue weighted by atomic mass is 10.0. The monoisotopic (exact) mass is 225 g/mol. The van der Waals surface area contributed by atoms with Crippen LogP contribution in [0.4, 0.5) is 0 Å². The second-order valence-corrected chi connectivity index (χ2v) is 4.67. The number of carbonyl (C=O) groups excluding carboxylic acids is 1. The minimum atomic E-state index is 0.170. The fourth-order valence-electron chi connectivity index (χ4n) is 2.48. The Balaban J connectivity index is 1.90. The zero-order chi connectivity index (χ0) is 11.8. The van der Waals surface area contributed by atoms with Gasteiger partial charge in [-0.05, 0) is 28.7 Å². The van der Waals surface area contributed by atoms with E-state index in [-0.39, 0.29) is 11.8 Å². The van der Waals surface area contributed by atoms with Gasteiger partial charge in [-0.3, -0.25) is 4.79 Å². The third-order valence-electron chi connectivity index (χ3n) is 3.58. The van der Waals surface area contributed by atoms with Crippen molar-refractivity contribution in [2.75, 3.05) is 7.05 Å². The second-order valence-electron chi connectivity index (χ2n) is 4.67. The summed E-state index contributed by atoms with van der Waals surface area (Å²) in [6, 6.07) is 14.8. The van der Waals surface area contributed by atoms with E-state index < -0.39 is 0 Å². The van der Waals surface area contributed by atoms with Gasteiger partial charge in [0, 0.05) is 13.0 Å². The highest BCUT2D eigenvalue weighted by molar-refractivity contribution is 5.85. The molecule has 2 aromatic carbocycles. The standard InChI is InChI=1S/C15H15NO/c1-16-15(17)14-9-13(14)12-7-6-10-4-2-3-5-11(10)8-12/h2-8,13-14H,9H2,1H3,(H,16,17)/t13-,14+/m0/s1. The molecule has 3 rings (SSSR count). The molecule has 1 fully saturated rings. The molecule has 1 saturated carbocycles. The Morgan fingerprint density at radius 2 is 1.94 bits per heavy atom. The van der Waals surface area contributed by atoms with E-state index in [1.807, 2.05) is 6.07 Å². The van der Waals surface area contributed by atoms with Crippen LogP contribution in [0.1, 0.15) is 17.9 Å². The van der Waals surface area contributed by atoms with Crippen molar-refractivity contribution < 1.29 is 4.79 Å². The molecule has 0 aliphatic heterocycles.